The summed E-state index contributed by atoms with van der Waals surface area (Å²) >= 11 is 0. The highest BCUT2D eigenvalue weighted by atomic mass is 19.4. The lowest BCUT2D eigenvalue weighted by atomic mass is 10.2. The van der Waals surface area contributed by atoms with Crippen LogP contribution in [0.15, 0.2) is 22.7 Å². The van der Waals surface area contributed by atoms with Gasteiger partial charge in [0.1, 0.15) is 11.6 Å². The molecule has 4 nitrogen and oxygen atoms in total. The highest BCUT2D eigenvalue weighted by Crippen LogP contribution is 2.29. The molecule has 2 rings (SSSR count). The van der Waals surface area contributed by atoms with Crippen LogP contribution in [0.25, 0.3) is 11.5 Å². The van der Waals surface area contributed by atoms with Crippen molar-refractivity contribution in [2.75, 3.05) is 0 Å². The number of aromatic nitrogens is 2. The predicted octanol–water partition coefficient (Wildman–Crippen LogP) is 3.08. The molecule has 19 heavy (non-hydrogen) atoms. The normalized spacial score (nSPS) is 11.8. The van der Waals surface area contributed by atoms with Crippen molar-refractivity contribution < 1.29 is 27.2 Å². The van der Waals surface area contributed by atoms with E-state index < -0.39 is 24.8 Å². The van der Waals surface area contributed by atoms with Gasteiger partial charge in [-0.3, -0.25) is 0 Å². The van der Waals surface area contributed by atoms with Crippen LogP contribution in [-0.4, -0.2) is 21.4 Å². The fourth-order valence-corrected chi connectivity index (χ4v) is 1.40. The largest absolute Gasteiger partial charge is 0.507 e. The molecule has 2 aromatic rings. The molecule has 8 heteroatoms. The van der Waals surface area contributed by atoms with E-state index in [2.05, 4.69) is 10.1 Å². The van der Waals surface area contributed by atoms with Gasteiger partial charge in [0.2, 0.25) is 0 Å². The van der Waals surface area contributed by atoms with Crippen LogP contribution in [0.1, 0.15) is 12.2 Å². The molecule has 0 saturated carbocycles. The molecule has 0 radical (unpaired) electrons. The summed E-state index contributed by atoms with van der Waals surface area (Å²) in [7, 11) is 0. The van der Waals surface area contributed by atoms with Crippen LogP contribution in [0, 0.1) is 5.82 Å². The number of benzene rings is 1. The summed E-state index contributed by atoms with van der Waals surface area (Å²) in [6, 6.07) is 3.07. The summed E-state index contributed by atoms with van der Waals surface area (Å²) in [6.07, 6.45) is -5.84. The molecule has 0 amide bonds. The van der Waals surface area contributed by atoms with Gasteiger partial charge in [0.25, 0.3) is 5.89 Å². The van der Waals surface area contributed by atoms with Crippen molar-refractivity contribution in [3.8, 4) is 17.2 Å². The molecule has 1 aromatic carbocycles. The number of halogens is 4. The van der Waals surface area contributed by atoms with E-state index >= 15 is 0 Å². The second-order valence-corrected chi connectivity index (χ2v) is 3.79. The van der Waals surface area contributed by atoms with Crippen LogP contribution in [0.4, 0.5) is 17.6 Å². The Kier molecular flexibility index (Phi) is 3.41. The van der Waals surface area contributed by atoms with Crippen LogP contribution in [-0.2, 0) is 6.42 Å². The number of alkyl halides is 3. The Bertz CT molecular complexity index is 580. The van der Waals surface area contributed by atoms with Gasteiger partial charge in [-0.25, -0.2) is 4.39 Å². The maximum Gasteiger partial charge on any atom is 0.389 e. The molecule has 102 valence electrons. The number of hydrogen-bond donors (Lipinski definition) is 1. The minimum absolute atomic E-state index is 0.0641. The molecular formula is C11H8F4N2O2. The number of aromatic hydroxyl groups is 1. The number of rotatable bonds is 3. The fourth-order valence-electron chi connectivity index (χ4n) is 1.40. The van der Waals surface area contributed by atoms with Crippen molar-refractivity contribution in [2.24, 2.45) is 0 Å². The van der Waals surface area contributed by atoms with E-state index in [1.165, 1.54) is 0 Å². The summed E-state index contributed by atoms with van der Waals surface area (Å²) in [6.45, 7) is 0. The number of aryl methyl sites for hydroxylation is 1. The first-order valence-corrected chi connectivity index (χ1v) is 5.23. The molecule has 0 aliphatic heterocycles. The number of nitrogens with zero attached hydrogens (tertiary/aromatic N) is 2. The lowest BCUT2D eigenvalue weighted by Crippen LogP contribution is -2.09. The Hall–Kier alpha value is -2.12. The molecule has 0 unspecified atom stereocenters. The predicted molar refractivity (Wildman–Crippen MR) is 55.7 cm³/mol. The molecule has 1 aromatic heterocycles. The SMILES string of the molecule is Oc1ccc(F)cc1-c1nc(CCC(F)(F)F)no1. The number of phenols is 1. The van der Waals surface area contributed by atoms with E-state index in [0.717, 1.165) is 18.2 Å². The van der Waals surface area contributed by atoms with Crippen LogP contribution < -0.4 is 0 Å². The van der Waals surface area contributed by atoms with E-state index in [1.807, 2.05) is 0 Å². The third kappa shape index (κ3) is 3.43. The molecule has 0 aliphatic carbocycles. The maximum absolute atomic E-state index is 13.0. The first-order chi connectivity index (χ1) is 8.85. The second kappa shape index (κ2) is 4.87. The Morgan fingerprint density at radius 1 is 1.26 bits per heavy atom. The topological polar surface area (TPSA) is 59.2 Å². The molecule has 0 bridgehead atoms. The average molecular weight is 276 g/mol. The van der Waals surface area contributed by atoms with Gasteiger partial charge in [0, 0.05) is 6.42 Å². The van der Waals surface area contributed by atoms with Crippen LogP contribution in [0.5, 0.6) is 5.75 Å². The Morgan fingerprint density at radius 3 is 2.68 bits per heavy atom. The van der Waals surface area contributed by atoms with Gasteiger partial charge in [0.15, 0.2) is 5.82 Å². The van der Waals surface area contributed by atoms with Gasteiger partial charge in [-0.2, -0.15) is 18.2 Å². The van der Waals surface area contributed by atoms with E-state index in [1.54, 1.807) is 0 Å². The summed E-state index contributed by atoms with van der Waals surface area (Å²) in [5, 5.41) is 12.8. The van der Waals surface area contributed by atoms with Crippen LogP contribution >= 0.6 is 0 Å². The molecule has 0 fully saturated rings. The van der Waals surface area contributed by atoms with Gasteiger partial charge >= 0.3 is 6.18 Å². The zero-order chi connectivity index (χ0) is 14.0. The second-order valence-electron chi connectivity index (χ2n) is 3.79. The molecule has 0 spiro atoms. The maximum atomic E-state index is 13.0. The fraction of sp³-hybridized carbons (Fsp3) is 0.273. The number of hydrogen-bond acceptors (Lipinski definition) is 4. The standard InChI is InChI=1S/C11H8F4N2O2/c12-6-1-2-8(18)7(5-6)10-16-9(17-19-10)3-4-11(13,14)15/h1-2,5,18H,3-4H2. The van der Waals surface area contributed by atoms with E-state index in [4.69, 9.17) is 4.52 Å². The van der Waals surface area contributed by atoms with Gasteiger partial charge in [-0.1, -0.05) is 5.16 Å². The first-order valence-electron chi connectivity index (χ1n) is 5.23. The van der Waals surface area contributed by atoms with Crippen molar-refractivity contribution in [1.29, 1.82) is 0 Å². The minimum atomic E-state index is -4.32. The molecule has 0 aliphatic rings. The zero-order valence-electron chi connectivity index (χ0n) is 9.41. The third-order valence-electron chi connectivity index (χ3n) is 2.29. The average Bonchev–Trinajstić information content (AvgIpc) is 2.77. The van der Waals surface area contributed by atoms with Crippen molar-refractivity contribution in [3.05, 3.63) is 29.8 Å². The van der Waals surface area contributed by atoms with E-state index in [0.29, 0.717) is 0 Å². The minimum Gasteiger partial charge on any atom is -0.507 e. The number of phenolic OH excluding ortho intramolecular Hbond substituents is 1. The van der Waals surface area contributed by atoms with Gasteiger partial charge in [-0.05, 0) is 18.2 Å². The van der Waals surface area contributed by atoms with Crippen molar-refractivity contribution in [3.63, 3.8) is 0 Å². The van der Waals surface area contributed by atoms with Crippen molar-refractivity contribution in [2.45, 2.75) is 19.0 Å². The van der Waals surface area contributed by atoms with Gasteiger partial charge in [-0.15, -0.1) is 0 Å². The highest BCUT2D eigenvalue weighted by Gasteiger charge is 2.27. The van der Waals surface area contributed by atoms with Crippen molar-refractivity contribution in [1.82, 2.24) is 10.1 Å². The van der Waals surface area contributed by atoms with Crippen LogP contribution in [0.2, 0.25) is 0 Å². The van der Waals surface area contributed by atoms with Crippen molar-refractivity contribution >= 4 is 0 Å². The zero-order valence-corrected chi connectivity index (χ0v) is 9.41. The molecule has 0 atom stereocenters. The lowest BCUT2D eigenvalue weighted by molar-refractivity contribution is -0.134. The summed E-state index contributed by atoms with van der Waals surface area (Å²) in [5.41, 5.74) is -0.0641. The molecule has 0 saturated heterocycles. The first kappa shape index (κ1) is 13.3. The van der Waals surface area contributed by atoms with E-state index in [-0.39, 0.29) is 23.0 Å². The Morgan fingerprint density at radius 2 is 2.00 bits per heavy atom. The van der Waals surface area contributed by atoms with Gasteiger partial charge in [0.05, 0.1) is 12.0 Å². The smallest absolute Gasteiger partial charge is 0.389 e. The lowest BCUT2D eigenvalue weighted by Gasteiger charge is -2.01. The Balaban J connectivity index is 2.19. The quantitative estimate of drug-likeness (QED) is 0.875. The summed E-state index contributed by atoms with van der Waals surface area (Å²) < 4.78 is 53.7. The molecular weight excluding hydrogens is 268 g/mol. The van der Waals surface area contributed by atoms with E-state index in [9.17, 15) is 22.7 Å². The molecule has 1 N–H and O–H groups in total. The Labute approximate surface area is 104 Å². The molecule has 1 heterocycles. The monoisotopic (exact) mass is 276 g/mol. The van der Waals surface area contributed by atoms with Crippen LogP contribution in [0.3, 0.4) is 0 Å². The van der Waals surface area contributed by atoms with Gasteiger partial charge < -0.3 is 9.63 Å². The summed E-state index contributed by atoms with van der Waals surface area (Å²) in [5.74, 6) is -1.32. The summed E-state index contributed by atoms with van der Waals surface area (Å²) in [4.78, 5) is 3.68. The highest BCUT2D eigenvalue weighted by molar-refractivity contribution is 5.61. The third-order valence-corrected chi connectivity index (χ3v) is 2.29.